The molecule has 164 valence electrons. The van der Waals surface area contributed by atoms with Gasteiger partial charge in [-0.2, -0.15) is 0 Å². The fourth-order valence-electron chi connectivity index (χ4n) is 3.74. The Kier molecular flexibility index (Phi) is 6.35. The third-order valence-electron chi connectivity index (χ3n) is 5.43. The van der Waals surface area contributed by atoms with E-state index >= 15 is 0 Å². The lowest BCUT2D eigenvalue weighted by Crippen LogP contribution is -2.49. The average Bonchev–Trinajstić information content (AvgIpc) is 2.82. The molecule has 32 heavy (non-hydrogen) atoms. The number of benzene rings is 3. The number of nitrogens with zero attached hydrogens (tertiary/aromatic N) is 2. The van der Waals surface area contributed by atoms with E-state index < -0.39 is 0 Å². The van der Waals surface area contributed by atoms with E-state index in [4.69, 9.17) is 4.74 Å². The Hall–Kier alpha value is -3.87. The van der Waals surface area contributed by atoms with Crippen molar-refractivity contribution < 1.29 is 18.7 Å². The fraction of sp³-hybridized carbons (Fsp3) is 0.200. The molecule has 0 aromatic heterocycles. The Labute approximate surface area is 186 Å². The second-order valence-corrected chi connectivity index (χ2v) is 7.50. The van der Waals surface area contributed by atoms with Gasteiger partial charge in [0.2, 0.25) is 0 Å². The summed E-state index contributed by atoms with van der Waals surface area (Å²) in [5.41, 5.74) is 2.24. The van der Waals surface area contributed by atoms with Crippen molar-refractivity contribution in [2.45, 2.75) is 13.0 Å². The fourth-order valence-corrected chi connectivity index (χ4v) is 3.74. The van der Waals surface area contributed by atoms with Gasteiger partial charge in [0.15, 0.2) is 0 Å². The van der Waals surface area contributed by atoms with Gasteiger partial charge in [-0.1, -0.05) is 30.3 Å². The molecule has 6 nitrogen and oxygen atoms in total. The largest absolute Gasteiger partial charge is 0.495 e. The maximum atomic E-state index is 14.0. The summed E-state index contributed by atoms with van der Waals surface area (Å²) in [7, 11) is 1.55. The lowest BCUT2D eigenvalue weighted by Gasteiger charge is -2.35. The van der Waals surface area contributed by atoms with Crippen molar-refractivity contribution in [2.75, 3.05) is 30.4 Å². The first-order valence-electron chi connectivity index (χ1n) is 10.4. The van der Waals surface area contributed by atoms with Crippen LogP contribution in [0.5, 0.6) is 5.75 Å². The van der Waals surface area contributed by atoms with Gasteiger partial charge in [0.25, 0.3) is 5.91 Å². The van der Waals surface area contributed by atoms with Crippen LogP contribution in [-0.2, 0) is 6.54 Å². The van der Waals surface area contributed by atoms with E-state index in [2.05, 4.69) is 5.32 Å². The van der Waals surface area contributed by atoms with Crippen LogP contribution in [0.25, 0.3) is 0 Å². The first kappa shape index (κ1) is 21.4. The van der Waals surface area contributed by atoms with Crippen LogP contribution in [0.2, 0.25) is 0 Å². The molecule has 1 N–H and O–H groups in total. The zero-order chi connectivity index (χ0) is 22.5. The monoisotopic (exact) mass is 433 g/mol. The van der Waals surface area contributed by atoms with Gasteiger partial charge in [0.05, 0.1) is 19.3 Å². The van der Waals surface area contributed by atoms with Gasteiger partial charge in [-0.3, -0.25) is 9.69 Å². The molecule has 1 saturated heterocycles. The molecule has 0 atom stereocenters. The Balaban J connectivity index is 1.45. The number of urea groups is 1. The minimum absolute atomic E-state index is 0.175. The van der Waals surface area contributed by atoms with E-state index in [1.165, 1.54) is 6.07 Å². The van der Waals surface area contributed by atoms with Gasteiger partial charge < -0.3 is 15.0 Å². The minimum Gasteiger partial charge on any atom is -0.495 e. The summed E-state index contributed by atoms with van der Waals surface area (Å²) in [6.07, 6.45) is 0.774. The van der Waals surface area contributed by atoms with E-state index in [9.17, 15) is 14.0 Å². The Morgan fingerprint density at radius 3 is 2.47 bits per heavy atom. The third-order valence-corrected chi connectivity index (χ3v) is 5.43. The summed E-state index contributed by atoms with van der Waals surface area (Å²) < 4.78 is 19.3. The van der Waals surface area contributed by atoms with Crippen LogP contribution in [0.15, 0.2) is 72.8 Å². The molecule has 3 amide bonds. The van der Waals surface area contributed by atoms with Gasteiger partial charge in [0.1, 0.15) is 11.6 Å². The molecule has 0 radical (unpaired) electrons. The number of anilines is 2. The standard InChI is InChI=1S/C25H24FN3O3/c1-32-23-10-5-4-9-22(23)27-24(30)18-11-13-20(14-12-18)29-16-6-15-28(25(29)31)17-19-7-2-3-8-21(19)26/h2-5,7-14H,6,15-17H2,1H3,(H,27,30). The van der Waals surface area contributed by atoms with E-state index in [1.54, 1.807) is 71.5 Å². The van der Waals surface area contributed by atoms with Crippen LogP contribution in [0.4, 0.5) is 20.6 Å². The third kappa shape index (κ3) is 4.56. The van der Waals surface area contributed by atoms with Gasteiger partial charge in [-0.25, -0.2) is 9.18 Å². The molecule has 3 aromatic rings. The normalized spacial score (nSPS) is 13.8. The summed E-state index contributed by atoms with van der Waals surface area (Å²) in [5.74, 6) is -0.0126. The Bertz CT molecular complexity index is 1120. The number of ether oxygens (including phenoxy) is 1. The van der Waals surface area contributed by atoms with Crippen LogP contribution in [0.3, 0.4) is 0 Å². The second kappa shape index (κ2) is 9.51. The lowest BCUT2D eigenvalue weighted by atomic mass is 10.1. The molecule has 3 aromatic carbocycles. The topological polar surface area (TPSA) is 61.9 Å². The molecule has 4 rings (SSSR count). The first-order chi connectivity index (χ1) is 15.6. The highest BCUT2D eigenvalue weighted by atomic mass is 19.1. The predicted molar refractivity (Wildman–Crippen MR) is 122 cm³/mol. The average molecular weight is 433 g/mol. The summed E-state index contributed by atoms with van der Waals surface area (Å²) in [6.45, 7) is 1.36. The van der Waals surface area contributed by atoms with Gasteiger partial charge >= 0.3 is 6.03 Å². The Morgan fingerprint density at radius 2 is 1.72 bits per heavy atom. The van der Waals surface area contributed by atoms with E-state index in [-0.39, 0.29) is 24.3 Å². The molecule has 0 saturated carbocycles. The SMILES string of the molecule is COc1ccccc1NC(=O)c1ccc(N2CCCN(Cc3ccccc3F)C2=O)cc1. The number of para-hydroxylation sites is 2. The number of halogens is 1. The number of carbonyl (C=O) groups is 2. The van der Waals surface area contributed by atoms with Gasteiger partial charge in [0, 0.05) is 29.9 Å². The van der Waals surface area contributed by atoms with Crippen LogP contribution >= 0.6 is 0 Å². The summed E-state index contributed by atoms with van der Waals surface area (Å²) in [4.78, 5) is 28.9. The number of hydrogen-bond donors (Lipinski definition) is 1. The molecular weight excluding hydrogens is 409 g/mol. The van der Waals surface area contributed by atoms with Gasteiger partial charge in [-0.05, 0) is 48.9 Å². The highest BCUT2D eigenvalue weighted by Crippen LogP contribution is 2.25. The number of rotatable bonds is 6. The zero-order valence-electron chi connectivity index (χ0n) is 17.8. The van der Waals surface area contributed by atoms with Crippen LogP contribution in [-0.4, -0.2) is 37.0 Å². The molecular formula is C25H24FN3O3. The number of carbonyl (C=O) groups excluding carboxylic acids is 2. The molecule has 0 spiro atoms. The molecule has 1 fully saturated rings. The summed E-state index contributed by atoms with van der Waals surface area (Å²) in [6, 6.07) is 20.4. The molecule has 7 heteroatoms. The van der Waals surface area contributed by atoms with Crippen molar-refractivity contribution in [3.63, 3.8) is 0 Å². The Morgan fingerprint density at radius 1 is 1.00 bits per heavy atom. The number of hydrogen-bond acceptors (Lipinski definition) is 3. The molecule has 0 unspecified atom stereocenters. The number of nitrogens with one attached hydrogen (secondary N) is 1. The molecule has 1 heterocycles. The van der Waals surface area contributed by atoms with Crippen molar-refractivity contribution in [1.82, 2.24) is 4.90 Å². The lowest BCUT2D eigenvalue weighted by molar-refractivity contribution is 0.102. The molecule has 1 aliphatic rings. The van der Waals surface area contributed by atoms with E-state index in [1.807, 2.05) is 12.1 Å². The van der Waals surface area contributed by atoms with Crippen LogP contribution in [0, 0.1) is 5.82 Å². The number of amides is 3. The highest BCUT2D eigenvalue weighted by Gasteiger charge is 2.27. The number of methoxy groups -OCH3 is 1. The van der Waals surface area contributed by atoms with Crippen molar-refractivity contribution in [2.24, 2.45) is 0 Å². The van der Waals surface area contributed by atoms with Crippen molar-refractivity contribution in [3.8, 4) is 5.75 Å². The first-order valence-corrected chi connectivity index (χ1v) is 10.4. The molecule has 0 aliphatic carbocycles. The quantitative estimate of drug-likeness (QED) is 0.600. The van der Waals surface area contributed by atoms with Crippen LogP contribution in [0.1, 0.15) is 22.3 Å². The maximum absolute atomic E-state index is 14.0. The minimum atomic E-state index is -0.317. The molecule has 1 aliphatic heterocycles. The second-order valence-electron chi connectivity index (χ2n) is 7.50. The smallest absolute Gasteiger partial charge is 0.324 e. The maximum Gasteiger partial charge on any atom is 0.324 e. The van der Waals surface area contributed by atoms with Crippen LogP contribution < -0.4 is 15.0 Å². The highest BCUT2D eigenvalue weighted by molar-refractivity contribution is 6.05. The summed E-state index contributed by atoms with van der Waals surface area (Å²) >= 11 is 0. The van der Waals surface area contributed by atoms with E-state index in [0.29, 0.717) is 41.3 Å². The van der Waals surface area contributed by atoms with E-state index in [0.717, 1.165) is 6.42 Å². The predicted octanol–water partition coefficient (Wildman–Crippen LogP) is 4.92. The summed E-state index contributed by atoms with van der Waals surface area (Å²) in [5, 5.41) is 2.84. The van der Waals surface area contributed by atoms with Gasteiger partial charge in [-0.15, -0.1) is 0 Å². The van der Waals surface area contributed by atoms with Crippen molar-refractivity contribution >= 4 is 23.3 Å². The molecule has 0 bridgehead atoms. The zero-order valence-corrected chi connectivity index (χ0v) is 17.8. The van der Waals surface area contributed by atoms with Crippen molar-refractivity contribution in [3.05, 3.63) is 89.7 Å². The van der Waals surface area contributed by atoms with Crippen molar-refractivity contribution in [1.29, 1.82) is 0 Å².